The van der Waals surface area contributed by atoms with Crippen LogP contribution in [0.1, 0.15) is 0 Å². The van der Waals surface area contributed by atoms with Crippen LogP contribution in [-0.2, 0) is 4.79 Å². The minimum Gasteiger partial charge on any atom is -0.304 e. The summed E-state index contributed by atoms with van der Waals surface area (Å²) in [6.07, 6.45) is 0. The third kappa shape index (κ3) is 3.07. The first kappa shape index (κ1) is 11.2. The van der Waals surface area contributed by atoms with Crippen LogP contribution in [-0.4, -0.2) is 66.7 Å². The number of hydrogen-bond acceptors (Lipinski definition) is 5. The van der Waals surface area contributed by atoms with Gasteiger partial charge in [-0.05, 0) is 7.05 Å². The van der Waals surface area contributed by atoms with Crippen LogP contribution in [0.2, 0.25) is 0 Å². The maximum atomic E-state index is 11.8. The highest BCUT2D eigenvalue weighted by molar-refractivity contribution is 7.99. The van der Waals surface area contributed by atoms with Crippen molar-refractivity contribution in [3.05, 3.63) is 0 Å². The Morgan fingerprint density at radius 1 is 1.40 bits per heavy atom. The summed E-state index contributed by atoms with van der Waals surface area (Å²) in [5, 5.41) is 5.19. The Kier molecular flexibility index (Phi) is 3.85. The monoisotopic (exact) mass is 230 g/mol. The van der Waals surface area contributed by atoms with E-state index in [1.165, 1.54) is 0 Å². The topological polar surface area (TPSA) is 47.6 Å². The number of thioether (sulfide) groups is 1. The van der Waals surface area contributed by atoms with Gasteiger partial charge >= 0.3 is 0 Å². The van der Waals surface area contributed by atoms with Gasteiger partial charge in [0.2, 0.25) is 0 Å². The zero-order valence-electron chi connectivity index (χ0n) is 9.03. The van der Waals surface area contributed by atoms with Crippen LogP contribution in [0.5, 0.6) is 0 Å². The first-order valence-electron chi connectivity index (χ1n) is 5.31. The van der Waals surface area contributed by atoms with Crippen LogP contribution in [0, 0.1) is 0 Å². The molecule has 0 radical (unpaired) electrons. The van der Waals surface area contributed by atoms with Crippen LogP contribution < -0.4 is 10.7 Å². The Hall–Kier alpha value is -0.300. The highest BCUT2D eigenvalue weighted by Crippen LogP contribution is 2.09. The molecule has 6 heteroatoms. The van der Waals surface area contributed by atoms with E-state index >= 15 is 0 Å². The number of likely N-dealkylation sites (N-methyl/N-ethyl adjacent to an activating group) is 1. The van der Waals surface area contributed by atoms with Crippen molar-refractivity contribution in [2.24, 2.45) is 0 Å². The Bertz CT molecular complexity index is 224. The summed E-state index contributed by atoms with van der Waals surface area (Å²) < 4.78 is 0. The van der Waals surface area contributed by atoms with Crippen molar-refractivity contribution >= 4 is 17.7 Å². The van der Waals surface area contributed by atoms with E-state index in [4.69, 9.17) is 0 Å². The molecule has 0 spiro atoms. The fourth-order valence-corrected chi connectivity index (χ4v) is 2.66. The van der Waals surface area contributed by atoms with E-state index in [9.17, 15) is 4.79 Å². The molecule has 86 valence electrons. The molecule has 1 amide bonds. The van der Waals surface area contributed by atoms with Crippen molar-refractivity contribution in [1.82, 2.24) is 20.7 Å². The van der Waals surface area contributed by atoms with Crippen molar-refractivity contribution in [3.63, 3.8) is 0 Å². The summed E-state index contributed by atoms with van der Waals surface area (Å²) in [6, 6.07) is -0.00495. The van der Waals surface area contributed by atoms with Gasteiger partial charge in [0.05, 0.1) is 6.04 Å². The van der Waals surface area contributed by atoms with Crippen molar-refractivity contribution in [2.45, 2.75) is 6.04 Å². The minimum atomic E-state index is -0.00495. The van der Waals surface area contributed by atoms with Gasteiger partial charge in [-0.15, -0.1) is 11.8 Å². The van der Waals surface area contributed by atoms with Gasteiger partial charge in [0.25, 0.3) is 5.91 Å². The van der Waals surface area contributed by atoms with Gasteiger partial charge in [-0.25, -0.2) is 5.01 Å². The maximum Gasteiger partial charge on any atom is 0.252 e. The van der Waals surface area contributed by atoms with E-state index in [0.29, 0.717) is 0 Å². The molecule has 0 aromatic heterocycles. The quantitative estimate of drug-likeness (QED) is 0.632. The van der Waals surface area contributed by atoms with E-state index in [1.54, 1.807) is 11.8 Å². The number of hydrazine groups is 1. The predicted octanol–water partition coefficient (Wildman–Crippen LogP) is -1.07. The smallest absolute Gasteiger partial charge is 0.252 e. The second kappa shape index (κ2) is 5.16. The lowest BCUT2D eigenvalue weighted by Gasteiger charge is -2.32. The lowest BCUT2D eigenvalue weighted by atomic mass is 10.3. The molecule has 2 aliphatic rings. The molecule has 2 N–H and O–H groups in total. The molecule has 2 saturated heterocycles. The van der Waals surface area contributed by atoms with E-state index in [1.807, 2.05) is 5.01 Å². The van der Waals surface area contributed by atoms with Gasteiger partial charge in [0.15, 0.2) is 0 Å². The van der Waals surface area contributed by atoms with E-state index in [-0.39, 0.29) is 11.9 Å². The third-order valence-corrected chi connectivity index (χ3v) is 3.74. The molecule has 1 atom stereocenters. The van der Waals surface area contributed by atoms with Crippen LogP contribution in [0.15, 0.2) is 0 Å². The van der Waals surface area contributed by atoms with Gasteiger partial charge < -0.3 is 4.90 Å². The lowest BCUT2D eigenvalue weighted by molar-refractivity contribution is -0.128. The molecular weight excluding hydrogens is 212 g/mol. The molecule has 2 fully saturated rings. The first-order chi connectivity index (χ1) is 7.25. The van der Waals surface area contributed by atoms with Crippen LogP contribution in [0.25, 0.3) is 0 Å². The molecule has 5 nitrogen and oxygen atoms in total. The summed E-state index contributed by atoms with van der Waals surface area (Å²) in [6.45, 7) is 3.88. The molecule has 0 saturated carbocycles. The molecule has 0 aliphatic carbocycles. The first-order valence-corrected chi connectivity index (χ1v) is 6.46. The average Bonchev–Trinajstić information content (AvgIpc) is 2.74. The summed E-state index contributed by atoms with van der Waals surface area (Å²) in [4.78, 5) is 14.0. The largest absolute Gasteiger partial charge is 0.304 e. The summed E-state index contributed by atoms with van der Waals surface area (Å²) in [7, 11) is 2.11. The van der Waals surface area contributed by atoms with Gasteiger partial charge in [0, 0.05) is 37.8 Å². The molecule has 0 aromatic carbocycles. The number of carbonyl (C=O) groups is 1. The maximum absolute atomic E-state index is 11.8. The zero-order chi connectivity index (χ0) is 10.7. The van der Waals surface area contributed by atoms with Gasteiger partial charge in [-0.3, -0.25) is 15.5 Å². The SMILES string of the molecule is CN1CCN(NC(=O)C2CSCN2)CC1. The normalized spacial score (nSPS) is 29.3. The number of rotatable bonds is 2. The number of carbonyl (C=O) groups excluding carboxylic acids is 1. The molecule has 0 bridgehead atoms. The van der Waals surface area contributed by atoms with E-state index < -0.39 is 0 Å². The number of amides is 1. The fraction of sp³-hybridized carbons (Fsp3) is 0.889. The average molecular weight is 230 g/mol. The van der Waals surface area contributed by atoms with Crippen molar-refractivity contribution in [3.8, 4) is 0 Å². The van der Waals surface area contributed by atoms with E-state index in [0.717, 1.165) is 37.8 Å². The number of nitrogens with zero attached hydrogens (tertiary/aromatic N) is 2. The Morgan fingerprint density at radius 2 is 2.13 bits per heavy atom. The highest BCUT2D eigenvalue weighted by Gasteiger charge is 2.24. The highest BCUT2D eigenvalue weighted by atomic mass is 32.2. The number of piperazine rings is 1. The van der Waals surface area contributed by atoms with Crippen LogP contribution in [0.3, 0.4) is 0 Å². The van der Waals surface area contributed by atoms with Crippen molar-refractivity contribution in [1.29, 1.82) is 0 Å². The third-order valence-electron chi connectivity index (χ3n) is 2.80. The Labute approximate surface area is 94.5 Å². The fourth-order valence-electron chi connectivity index (χ4n) is 1.72. The van der Waals surface area contributed by atoms with Crippen molar-refractivity contribution < 1.29 is 4.79 Å². The minimum absolute atomic E-state index is 0.00495. The van der Waals surface area contributed by atoms with Gasteiger partial charge in [-0.1, -0.05) is 0 Å². The molecule has 2 rings (SSSR count). The van der Waals surface area contributed by atoms with Gasteiger partial charge in [0.1, 0.15) is 0 Å². The molecule has 15 heavy (non-hydrogen) atoms. The van der Waals surface area contributed by atoms with Crippen LogP contribution in [0.4, 0.5) is 0 Å². The summed E-state index contributed by atoms with van der Waals surface area (Å²) in [5.41, 5.74) is 2.97. The lowest BCUT2D eigenvalue weighted by Crippen LogP contribution is -2.56. The molecule has 2 aliphatic heterocycles. The van der Waals surface area contributed by atoms with E-state index in [2.05, 4.69) is 22.7 Å². The van der Waals surface area contributed by atoms with Crippen molar-refractivity contribution in [2.75, 3.05) is 44.9 Å². The Balaban J connectivity index is 1.74. The predicted molar refractivity (Wildman–Crippen MR) is 61.5 cm³/mol. The number of hydrogen-bond donors (Lipinski definition) is 2. The number of nitrogens with one attached hydrogen (secondary N) is 2. The van der Waals surface area contributed by atoms with Crippen LogP contribution >= 0.6 is 11.8 Å². The molecule has 0 aromatic rings. The molecular formula is C9H18N4OS. The Morgan fingerprint density at radius 3 is 2.73 bits per heavy atom. The second-order valence-electron chi connectivity index (χ2n) is 4.04. The second-order valence-corrected chi connectivity index (χ2v) is 5.07. The summed E-state index contributed by atoms with van der Waals surface area (Å²) >= 11 is 1.77. The molecule has 2 heterocycles. The summed E-state index contributed by atoms with van der Waals surface area (Å²) in [5.74, 6) is 1.89. The van der Waals surface area contributed by atoms with Gasteiger partial charge in [-0.2, -0.15) is 0 Å². The molecule has 1 unspecified atom stereocenters. The zero-order valence-corrected chi connectivity index (χ0v) is 9.85. The standard InChI is InChI=1S/C9H18N4OS/c1-12-2-4-13(5-3-12)11-9(14)8-6-15-7-10-8/h8,10H,2-7H2,1H3,(H,11,14).